The molecule has 2 bridgehead atoms. The first-order valence-corrected chi connectivity index (χ1v) is 5.07. The summed E-state index contributed by atoms with van der Waals surface area (Å²) in [6, 6.07) is 0. The molecule has 0 aromatic heterocycles. The second kappa shape index (κ2) is 3.72. The van der Waals surface area contributed by atoms with Gasteiger partial charge in [-0.1, -0.05) is 0 Å². The van der Waals surface area contributed by atoms with Crippen LogP contribution in [0.15, 0.2) is 39.6 Å². The minimum Gasteiger partial charge on any atom is -0.258 e. The zero-order valence-electron chi connectivity index (χ0n) is 8.90. The van der Waals surface area contributed by atoms with Crippen LogP contribution in [0.1, 0.15) is 33.1 Å². The van der Waals surface area contributed by atoms with Crippen LogP contribution < -0.4 is 0 Å². The second-order valence-corrected chi connectivity index (χ2v) is 4.08. The molecular formula is C12H13F2N. The molecule has 2 rings (SSSR count). The number of halogens is 2. The van der Waals surface area contributed by atoms with Crippen LogP contribution in [0.3, 0.4) is 0 Å². The van der Waals surface area contributed by atoms with Gasteiger partial charge in [0.1, 0.15) is 5.83 Å². The largest absolute Gasteiger partial charge is 0.258 e. The molecule has 1 heterocycles. The molecule has 0 aromatic carbocycles. The first kappa shape index (κ1) is 10.3. The lowest BCUT2D eigenvalue weighted by molar-refractivity contribution is 0.526. The predicted molar refractivity (Wildman–Crippen MR) is 57.0 cm³/mol. The quantitative estimate of drug-likeness (QED) is 0.572. The number of fused-ring (bicyclic) bond motifs is 1. The summed E-state index contributed by atoms with van der Waals surface area (Å²) < 4.78 is 26.9. The third kappa shape index (κ3) is 1.91. The number of allylic oxidation sites excluding steroid dienone is 5. The molecule has 1 nitrogen and oxygen atoms in total. The van der Waals surface area contributed by atoms with Crippen molar-refractivity contribution in [2.75, 3.05) is 0 Å². The molecule has 0 radical (unpaired) electrons. The fourth-order valence-corrected chi connectivity index (χ4v) is 1.81. The monoisotopic (exact) mass is 209 g/mol. The Hall–Kier alpha value is -1.25. The van der Waals surface area contributed by atoms with Gasteiger partial charge in [-0.05, 0) is 43.9 Å². The van der Waals surface area contributed by atoms with E-state index in [0.717, 1.165) is 17.0 Å². The summed E-state index contributed by atoms with van der Waals surface area (Å²) in [5.41, 5.74) is 2.94. The van der Waals surface area contributed by atoms with Crippen LogP contribution in [0.4, 0.5) is 8.78 Å². The van der Waals surface area contributed by atoms with Crippen molar-refractivity contribution < 1.29 is 8.78 Å². The molecular weight excluding hydrogens is 196 g/mol. The lowest BCUT2D eigenvalue weighted by atomic mass is 10.1. The van der Waals surface area contributed by atoms with E-state index in [2.05, 4.69) is 4.99 Å². The smallest absolute Gasteiger partial charge is 0.158 e. The van der Waals surface area contributed by atoms with Gasteiger partial charge in [-0.25, -0.2) is 8.78 Å². The Balaban J connectivity index is 2.54. The number of hydrogen-bond donors (Lipinski definition) is 0. The zero-order chi connectivity index (χ0) is 11.0. The van der Waals surface area contributed by atoms with E-state index < -0.39 is 11.7 Å². The molecule has 0 atom stereocenters. The second-order valence-electron chi connectivity index (χ2n) is 4.08. The van der Waals surface area contributed by atoms with Crippen molar-refractivity contribution in [3.05, 3.63) is 34.6 Å². The van der Waals surface area contributed by atoms with Gasteiger partial charge in [0.2, 0.25) is 0 Å². The lowest BCUT2D eigenvalue weighted by Crippen LogP contribution is -1.94. The third-order valence-electron chi connectivity index (χ3n) is 2.76. The van der Waals surface area contributed by atoms with Gasteiger partial charge in [-0.2, -0.15) is 0 Å². The topological polar surface area (TPSA) is 12.4 Å². The lowest BCUT2D eigenvalue weighted by Gasteiger charge is -2.04. The molecule has 1 aliphatic heterocycles. The molecule has 0 spiro atoms. The van der Waals surface area contributed by atoms with E-state index in [1.807, 2.05) is 6.92 Å². The zero-order valence-corrected chi connectivity index (χ0v) is 8.90. The Bertz CT molecular complexity index is 425. The Labute approximate surface area is 87.9 Å². The van der Waals surface area contributed by atoms with Crippen LogP contribution in [0.25, 0.3) is 0 Å². The van der Waals surface area contributed by atoms with Crippen molar-refractivity contribution in [3.63, 3.8) is 0 Å². The van der Waals surface area contributed by atoms with Gasteiger partial charge in [0.05, 0.1) is 5.70 Å². The average Bonchev–Trinajstić information content (AvgIpc) is 2.42. The van der Waals surface area contributed by atoms with Crippen LogP contribution >= 0.6 is 0 Å². The predicted octanol–water partition coefficient (Wildman–Crippen LogP) is 4.00. The first-order chi connectivity index (χ1) is 7.08. The average molecular weight is 209 g/mol. The summed E-state index contributed by atoms with van der Waals surface area (Å²) >= 11 is 0. The van der Waals surface area contributed by atoms with Gasteiger partial charge in [-0.15, -0.1) is 0 Å². The van der Waals surface area contributed by atoms with E-state index in [4.69, 9.17) is 0 Å². The van der Waals surface area contributed by atoms with E-state index in [-0.39, 0.29) is 6.42 Å². The van der Waals surface area contributed by atoms with E-state index >= 15 is 0 Å². The third-order valence-corrected chi connectivity index (χ3v) is 2.76. The van der Waals surface area contributed by atoms with E-state index in [9.17, 15) is 8.78 Å². The van der Waals surface area contributed by atoms with Crippen molar-refractivity contribution in [2.24, 2.45) is 4.99 Å². The number of hydrogen-bond acceptors (Lipinski definition) is 1. The Morgan fingerprint density at radius 3 is 2.67 bits per heavy atom. The molecule has 0 N–H and O–H groups in total. The van der Waals surface area contributed by atoms with Crippen molar-refractivity contribution in [1.82, 2.24) is 0 Å². The molecule has 0 saturated carbocycles. The van der Waals surface area contributed by atoms with Gasteiger partial charge < -0.3 is 0 Å². The van der Waals surface area contributed by atoms with Crippen LogP contribution in [0, 0.1) is 0 Å². The summed E-state index contributed by atoms with van der Waals surface area (Å²) in [7, 11) is 0. The molecule has 0 saturated heterocycles. The minimum atomic E-state index is -0.686. The molecule has 80 valence electrons. The van der Waals surface area contributed by atoms with Gasteiger partial charge in [-0.3, -0.25) is 4.99 Å². The SMILES string of the molecule is CC1=NC2=C(C)CC(F)=C(F)C(=C2)CC1. The maximum absolute atomic E-state index is 13.5. The maximum atomic E-state index is 13.5. The molecule has 0 unspecified atom stereocenters. The fourth-order valence-electron chi connectivity index (χ4n) is 1.81. The highest BCUT2D eigenvalue weighted by Gasteiger charge is 2.20. The molecule has 1 aliphatic carbocycles. The van der Waals surface area contributed by atoms with E-state index in [1.54, 1.807) is 13.0 Å². The molecule has 2 aliphatic rings. The van der Waals surface area contributed by atoms with Gasteiger partial charge in [0, 0.05) is 12.1 Å². The summed E-state index contributed by atoms with van der Waals surface area (Å²) in [5.74, 6) is -1.35. The Morgan fingerprint density at radius 2 is 1.93 bits per heavy atom. The highest BCUT2D eigenvalue weighted by molar-refractivity contribution is 5.84. The minimum absolute atomic E-state index is 0.0396. The van der Waals surface area contributed by atoms with Crippen molar-refractivity contribution in [3.8, 4) is 0 Å². The maximum Gasteiger partial charge on any atom is 0.158 e. The normalized spacial score (nSPS) is 22.1. The fraction of sp³-hybridized carbons (Fsp3) is 0.417. The Morgan fingerprint density at radius 1 is 1.20 bits per heavy atom. The number of rotatable bonds is 0. The molecule has 0 amide bonds. The molecule has 0 fully saturated rings. The number of nitrogens with zero attached hydrogens (tertiary/aromatic N) is 1. The molecule has 3 heteroatoms. The van der Waals surface area contributed by atoms with Crippen molar-refractivity contribution >= 4 is 5.71 Å². The van der Waals surface area contributed by atoms with E-state index in [1.165, 1.54) is 0 Å². The van der Waals surface area contributed by atoms with Gasteiger partial charge in [0.15, 0.2) is 5.83 Å². The van der Waals surface area contributed by atoms with Crippen LogP contribution in [0.5, 0.6) is 0 Å². The van der Waals surface area contributed by atoms with Crippen molar-refractivity contribution in [1.29, 1.82) is 0 Å². The summed E-state index contributed by atoms with van der Waals surface area (Å²) in [6.45, 7) is 3.72. The summed E-state index contributed by atoms with van der Waals surface area (Å²) in [6.07, 6.45) is 2.94. The highest BCUT2D eigenvalue weighted by Crippen LogP contribution is 2.34. The van der Waals surface area contributed by atoms with Crippen LogP contribution in [0.2, 0.25) is 0 Å². The summed E-state index contributed by atoms with van der Waals surface area (Å²) in [4.78, 5) is 4.37. The van der Waals surface area contributed by atoms with Gasteiger partial charge >= 0.3 is 0 Å². The Kier molecular flexibility index (Phi) is 2.55. The standard InChI is InChI=1S/C12H13F2N/c1-7-5-10(13)12(14)9-4-3-8(2)15-11(7)6-9/h6H,3-5H2,1-2H3. The highest BCUT2D eigenvalue weighted by atomic mass is 19.2. The van der Waals surface area contributed by atoms with Gasteiger partial charge in [0.25, 0.3) is 0 Å². The van der Waals surface area contributed by atoms with Crippen LogP contribution in [-0.4, -0.2) is 5.71 Å². The molecule has 0 aromatic rings. The first-order valence-electron chi connectivity index (χ1n) is 5.07. The summed E-state index contributed by atoms with van der Waals surface area (Å²) in [5, 5.41) is 0. The van der Waals surface area contributed by atoms with Crippen LogP contribution in [-0.2, 0) is 0 Å². The van der Waals surface area contributed by atoms with Crippen molar-refractivity contribution in [2.45, 2.75) is 33.1 Å². The molecule has 15 heavy (non-hydrogen) atoms. The number of aliphatic imine (C=N–C) groups is 1. The van der Waals surface area contributed by atoms with E-state index in [0.29, 0.717) is 18.4 Å².